The van der Waals surface area contributed by atoms with Crippen LogP contribution in [0.5, 0.6) is 0 Å². The SMILES string of the molecule is CC(C)C(CN(C)C)NCc1cc(F)ccc1F. The van der Waals surface area contributed by atoms with Crippen molar-refractivity contribution < 1.29 is 8.78 Å². The van der Waals surface area contributed by atoms with Crippen molar-refractivity contribution in [3.8, 4) is 0 Å². The number of benzene rings is 1. The van der Waals surface area contributed by atoms with Crippen LogP contribution < -0.4 is 5.32 Å². The molecule has 0 aliphatic heterocycles. The fraction of sp³-hybridized carbons (Fsp3) is 0.571. The molecule has 0 bridgehead atoms. The minimum atomic E-state index is -0.401. The fourth-order valence-electron chi connectivity index (χ4n) is 1.82. The second kappa shape index (κ2) is 6.81. The maximum atomic E-state index is 13.5. The first-order valence-electron chi connectivity index (χ1n) is 6.22. The monoisotopic (exact) mass is 256 g/mol. The summed E-state index contributed by atoms with van der Waals surface area (Å²) >= 11 is 0. The van der Waals surface area contributed by atoms with Crippen molar-refractivity contribution in [1.82, 2.24) is 10.2 Å². The van der Waals surface area contributed by atoms with Crippen molar-refractivity contribution in [3.63, 3.8) is 0 Å². The van der Waals surface area contributed by atoms with E-state index in [1.54, 1.807) is 0 Å². The van der Waals surface area contributed by atoms with Crippen molar-refractivity contribution in [2.75, 3.05) is 20.6 Å². The summed E-state index contributed by atoms with van der Waals surface area (Å²) in [6.45, 7) is 5.45. The van der Waals surface area contributed by atoms with Crippen LogP contribution in [0.4, 0.5) is 8.78 Å². The smallest absolute Gasteiger partial charge is 0.127 e. The van der Waals surface area contributed by atoms with Gasteiger partial charge in [-0.3, -0.25) is 0 Å². The summed E-state index contributed by atoms with van der Waals surface area (Å²) in [6.07, 6.45) is 0. The zero-order chi connectivity index (χ0) is 13.7. The van der Waals surface area contributed by atoms with Crippen LogP contribution in [0.25, 0.3) is 0 Å². The molecule has 0 saturated heterocycles. The molecule has 1 aromatic rings. The number of hydrogen-bond donors (Lipinski definition) is 1. The van der Waals surface area contributed by atoms with E-state index in [9.17, 15) is 8.78 Å². The van der Waals surface area contributed by atoms with Crippen LogP contribution in [-0.2, 0) is 6.54 Å². The quantitative estimate of drug-likeness (QED) is 0.841. The third-order valence-corrected chi connectivity index (χ3v) is 2.93. The van der Waals surface area contributed by atoms with E-state index in [2.05, 4.69) is 24.1 Å². The lowest BCUT2D eigenvalue weighted by Gasteiger charge is -2.25. The summed E-state index contributed by atoms with van der Waals surface area (Å²) in [5.74, 6) is -0.331. The van der Waals surface area contributed by atoms with E-state index in [4.69, 9.17) is 0 Å². The van der Waals surface area contributed by atoms with Crippen LogP contribution in [0.15, 0.2) is 18.2 Å². The molecule has 2 nitrogen and oxygen atoms in total. The average molecular weight is 256 g/mol. The van der Waals surface area contributed by atoms with Gasteiger partial charge in [-0.05, 0) is 38.2 Å². The lowest BCUT2D eigenvalue weighted by molar-refractivity contribution is 0.287. The largest absolute Gasteiger partial charge is 0.308 e. The molecule has 4 heteroatoms. The molecule has 0 saturated carbocycles. The van der Waals surface area contributed by atoms with Gasteiger partial charge in [0.2, 0.25) is 0 Å². The van der Waals surface area contributed by atoms with E-state index >= 15 is 0 Å². The molecular formula is C14H22F2N2. The van der Waals surface area contributed by atoms with E-state index in [1.165, 1.54) is 12.1 Å². The van der Waals surface area contributed by atoms with E-state index in [-0.39, 0.29) is 11.9 Å². The van der Waals surface area contributed by atoms with E-state index in [1.807, 2.05) is 14.1 Å². The number of hydrogen-bond acceptors (Lipinski definition) is 2. The Morgan fingerprint density at radius 3 is 2.44 bits per heavy atom. The molecule has 0 aromatic heterocycles. The van der Waals surface area contributed by atoms with Crippen molar-refractivity contribution in [2.24, 2.45) is 5.92 Å². The molecule has 1 aromatic carbocycles. The van der Waals surface area contributed by atoms with Crippen LogP contribution in [0.2, 0.25) is 0 Å². The molecule has 0 fully saturated rings. The highest BCUT2D eigenvalue weighted by Gasteiger charge is 2.14. The van der Waals surface area contributed by atoms with Gasteiger partial charge in [-0.2, -0.15) is 0 Å². The Morgan fingerprint density at radius 1 is 1.22 bits per heavy atom. The Kier molecular flexibility index (Phi) is 5.69. The summed E-state index contributed by atoms with van der Waals surface area (Å²) < 4.78 is 26.5. The molecule has 1 N–H and O–H groups in total. The molecule has 1 unspecified atom stereocenters. The number of likely N-dealkylation sites (N-methyl/N-ethyl adjacent to an activating group) is 1. The molecule has 102 valence electrons. The predicted molar refractivity (Wildman–Crippen MR) is 70.4 cm³/mol. The number of rotatable bonds is 6. The Balaban J connectivity index is 2.63. The third kappa shape index (κ3) is 4.70. The predicted octanol–water partition coefficient (Wildman–Crippen LogP) is 2.64. The first kappa shape index (κ1) is 15.1. The molecule has 0 aliphatic rings. The highest BCUT2D eigenvalue weighted by Crippen LogP contribution is 2.11. The summed E-state index contributed by atoms with van der Waals surface area (Å²) in [7, 11) is 4.00. The lowest BCUT2D eigenvalue weighted by Crippen LogP contribution is -2.41. The number of halogens is 2. The molecule has 0 aliphatic carbocycles. The van der Waals surface area contributed by atoms with Gasteiger partial charge in [0.15, 0.2) is 0 Å². The molecule has 0 spiro atoms. The Hall–Kier alpha value is -1.00. The second-order valence-corrected chi connectivity index (χ2v) is 5.23. The van der Waals surface area contributed by atoms with Gasteiger partial charge >= 0.3 is 0 Å². The average Bonchev–Trinajstić information content (AvgIpc) is 2.27. The summed E-state index contributed by atoms with van der Waals surface area (Å²) in [5, 5.41) is 3.29. The van der Waals surface area contributed by atoms with Gasteiger partial charge in [0.25, 0.3) is 0 Å². The summed E-state index contributed by atoms with van der Waals surface area (Å²) in [5.41, 5.74) is 0.374. The summed E-state index contributed by atoms with van der Waals surface area (Å²) in [4.78, 5) is 2.08. The van der Waals surface area contributed by atoms with Crippen molar-refractivity contribution in [2.45, 2.75) is 26.4 Å². The van der Waals surface area contributed by atoms with Crippen LogP contribution in [0, 0.1) is 17.6 Å². The minimum absolute atomic E-state index is 0.252. The maximum absolute atomic E-state index is 13.5. The lowest BCUT2D eigenvalue weighted by atomic mass is 10.0. The topological polar surface area (TPSA) is 15.3 Å². The van der Waals surface area contributed by atoms with E-state index in [0.717, 1.165) is 12.6 Å². The molecule has 1 rings (SSSR count). The standard InChI is InChI=1S/C14H22F2N2/c1-10(2)14(9-18(3)4)17-8-11-7-12(15)5-6-13(11)16/h5-7,10,14,17H,8-9H2,1-4H3. The van der Waals surface area contributed by atoms with Crippen LogP contribution in [-0.4, -0.2) is 31.6 Å². The Labute approximate surface area is 108 Å². The Morgan fingerprint density at radius 2 is 1.89 bits per heavy atom. The maximum Gasteiger partial charge on any atom is 0.127 e. The number of nitrogens with one attached hydrogen (secondary N) is 1. The summed E-state index contributed by atoms with van der Waals surface area (Å²) in [6, 6.07) is 3.80. The Bertz CT molecular complexity index is 378. The zero-order valence-corrected chi connectivity index (χ0v) is 11.5. The first-order valence-corrected chi connectivity index (χ1v) is 6.22. The first-order chi connectivity index (χ1) is 8.40. The highest BCUT2D eigenvalue weighted by molar-refractivity contribution is 5.18. The molecule has 0 heterocycles. The van der Waals surface area contributed by atoms with Gasteiger partial charge in [0.1, 0.15) is 11.6 Å². The van der Waals surface area contributed by atoms with Gasteiger partial charge in [0.05, 0.1) is 0 Å². The van der Waals surface area contributed by atoms with Gasteiger partial charge in [-0.25, -0.2) is 8.78 Å². The third-order valence-electron chi connectivity index (χ3n) is 2.93. The molecule has 1 atom stereocenters. The number of nitrogens with zero attached hydrogens (tertiary/aromatic N) is 1. The van der Waals surface area contributed by atoms with Crippen LogP contribution >= 0.6 is 0 Å². The second-order valence-electron chi connectivity index (χ2n) is 5.23. The molecule has 0 radical (unpaired) electrons. The fourth-order valence-corrected chi connectivity index (χ4v) is 1.82. The van der Waals surface area contributed by atoms with Crippen molar-refractivity contribution in [1.29, 1.82) is 0 Å². The van der Waals surface area contributed by atoms with Gasteiger partial charge in [0, 0.05) is 24.7 Å². The van der Waals surface area contributed by atoms with Gasteiger partial charge in [-0.15, -0.1) is 0 Å². The minimum Gasteiger partial charge on any atom is -0.308 e. The molecular weight excluding hydrogens is 234 g/mol. The van der Waals surface area contributed by atoms with Crippen LogP contribution in [0.1, 0.15) is 19.4 Å². The van der Waals surface area contributed by atoms with Crippen LogP contribution in [0.3, 0.4) is 0 Å². The van der Waals surface area contributed by atoms with E-state index < -0.39 is 5.82 Å². The van der Waals surface area contributed by atoms with Gasteiger partial charge in [-0.1, -0.05) is 13.8 Å². The molecule has 18 heavy (non-hydrogen) atoms. The highest BCUT2D eigenvalue weighted by atomic mass is 19.1. The van der Waals surface area contributed by atoms with Crippen molar-refractivity contribution >= 4 is 0 Å². The zero-order valence-electron chi connectivity index (χ0n) is 11.5. The van der Waals surface area contributed by atoms with Crippen molar-refractivity contribution in [3.05, 3.63) is 35.4 Å². The van der Waals surface area contributed by atoms with E-state index in [0.29, 0.717) is 18.0 Å². The van der Waals surface area contributed by atoms with Gasteiger partial charge < -0.3 is 10.2 Å². The molecule has 0 amide bonds. The normalized spacial score (nSPS) is 13.3.